The topological polar surface area (TPSA) is 44.8 Å². The molecule has 0 aliphatic carbocycles. The first-order valence-electron chi connectivity index (χ1n) is 8.64. The molecule has 3 aromatic carbocycles. The Kier molecular flexibility index (Phi) is 4.75. The van der Waals surface area contributed by atoms with Crippen LogP contribution in [0.15, 0.2) is 72.8 Å². The molecule has 1 aliphatic heterocycles. The lowest BCUT2D eigenvalue weighted by Crippen LogP contribution is -2.23. The van der Waals surface area contributed by atoms with E-state index >= 15 is 0 Å². The zero-order valence-corrected chi connectivity index (χ0v) is 14.4. The van der Waals surface area contributed by atoms with Gasteiger partial charge in [-0.2, -0.15) is 0 Å². The minimum absolute atomic E-state index is 0.0227. The number of ether oxygens (including phenoxy) is 3. The molecule has 0 saturated carbocycles. The lowest BCUT2D eigenvalue weighted by atomic mass is 9.88. The van der Waals surface area contributed by atoms with Crippen molar-refractivity contribution in [3.8, 4) is 17.2 Å². The van der Waals surface area contributed by atoms with E-state index in [1.165, 1.54) is 12.1 Å². The molecule has 4 nitrogen and oxygen atoms in total. The van der Waals surface area contributed by atoms with Crippen LogP contribution in [-0.4, -0.2) is 19.2 Å². The van der Waals surface area contributed by atoms with Gasteiger partial charge in [0.1, 0.15) is 30.6 Å². The summed E-state index contributed by atoms with van der Waals surface area (Å²) in [5.74, 6) is 0.00266. The number of para-hydroxylation sites is 3. The number of halogens is 1. The van der Waals surface area contributed by atoms with Crippen LogP contribution in [0.1, 0.15) is 17.0 Å². The van der Waals surface area contributed by atoms with E-state index in [9.17, 15) is 9.18 Å². The Morgan fingerprint density at radius 1 is 0.852 bits per heavy atom. The molecule has 5 heteroatoms. The van der Waals surface area contributed by atoms with Gasteiger partial charge in [0.15, 0.2) is 11.6 Å². The molecular formula is C22H17FO4. The molecular weight excluding hydrogens is 347 g/mol. The molecule has 0 N–H and O–H groups in total. The number of fused-ring (bicyclic) bond motifs is 2. The van der Waals surface area contributed by atoms with Crippen molar-refractivity contribution in [2.24, 2.45) is 0 Å². The van der Waals surface area contributed by atoms with Gasteiger partial charge >= 0.3 is 5.97 Å². The fourth-order valence-corrected chi connectivity index (χ4v) is 3.10. The number of hydrogen-bond acceptors (Lipinski definition) is 4. The van der Waals surface area contributed by atoms with Crippen molar-refractivity contribution in [2.45, 2.75) is 5.92 Å². The van der Waals surface area contributed by atoms with Gasteiger partial charge in [0.25, 0.3) is 0 Å². The monoisotopic (exact) mass is 364 g/mol. The summed E-state index contributed by atoms with van der Waals surface area (Å²) in [4.78, 5) is 12.8. The maximum atomic E-state index is 13.6. The van der Waals surface area contributed by atoms with E-state index in [0.717, 1.165) is 11.1 Å². The van der Waals surface area contributed by atoms with Crippen molar-refractivity contribution >= 4 is 5.97 Å². The molecule has 3 aromatic rings. The average Bonchev–Trinajstić information content (AvgIpc) is 2.70. The molecule has 1 aliphatic rings. The SMILES string of the molecule is O=C(OCCOc1ccccc1F)C1c2ccccc2Oc2ccccc21. The molecule has 27 heavy (non-hydrogen) atoms. The quantitative estimate of drug-likeness (QED) is 0.487. The Morgan fingerprint density at radius 2 is 1.44 bits per heavy atom. The van der Waals surface area contributed by atoms with Crippen LogP contribution in [0.4, 0.5) is 4.39 Å². The van der Waals surface area contributed by atoms with Gasteiger partial charge in [-0.3, -0.25) is 4.79 Å². The predicted octanol–water partition coefficient (Wildman–Crippen LogP) is 4.69. The Labute approximate surface area is 156 Å². The highest BCUT2D eigenvalue weighted by Gasteiger charge is 2.33. The van der Waals surface area contributed by atoms with E-state index in [1.54, 1.807) is 12.1 Å². The first-order chi connectivity index (χ1) is 13.2. The van der Waals surface area contributed by atoms with Gasteiger partial charge in [0, 0.05) is 11.1 Å². The molecule has 0 aromatic heterocycles. The minimum atomic E-state index is -0.570. The molecule has 4 rings (SSSR count). The van der Waals surface area contributed by atoms with Gasteiger partial charge in [-0.25, -0.2) is 4.39 Å². The van der Waals surface area contributed by atoms with E-state index in [-0.39, 0.29) is 19.0 Å². The number of carbonyl (C=O) groups is 1. The van der Waals surface area contributed by atoms with E-state index in [4.69, 9.17) is 14.2 Å². The van der Waals surface area contributed by atoms with Gasteiger partial charge in [0.05, 0.1) is 0 Å². The Hall–Kier alpha value is -3.34. The van der Waals surface area contributed by atoms with Crippen LogP contribution in [-0.2, 0) is 9.53 Å². The number of hydrogen-bond donors (Lipinski definition) is 0. The molecule has 0 radical (unpaired) electrons. The van der Waals surface area contributed by atoms with E-state index in [1.807, 2.05) is 48.5 Å². The Balaban J connectivity index is 1.46. The molecule has 0 unspecified atom stereocenters. The fourth-order valence-electron chi connectivity index (χ4n) is 3.10. The molecule has 0 amide bonds. The van der Waals surface area contributed by atoms with Crippen LogP contribution in [0, 0.1) is 5.82 Å². The van der Waals surface area contributed by atoms with Crippen LogP contribution >= 0.6 is 0 Å². The van der Waals surface area contributed by atoms with Crippen molar-refractivity contribution in [3.63, 3.8) is 0 Å². The van der Waals surface area contributed by atoms with E-state index in [0.29, 0.717) is 11.5 Å². The van der Waals surface area contributed by atoms with Crippen molar-refractivity contribution in [1.29, 1.82) is 0 Å². The number of rotatable bonds is 5. The summed E-state index contributed by atoms with van der Waals surface area (Å²) in [6.45, 7) is 0.0913. The smallest absolute Gasteiger partial charge is 0.318 e. The zero-order valence-electron chi connectivity index (χ0n) is 14.4. The molecule has 0 spiro atoms. The predicted molar refractivity (Wildman–Crippen MR) is 97.7 cm³/mol. The molecule has 0 fully saturated rings. The van der Waals surface area contributed by atoms with Gasteiger partial charge < -0.3 is 14.2 Å². The Morgan fingerprint density at radius 3 is 2.11 bits per heavy atom. The lowest BCUT2D eigenvalue weighted by Gasteiger charge is -2.26. The van der Waals surface area contributed by atoms with Crippen LogP contribution in [0.5, 0.6) is 17.2 Å². The summed E-state index contributed by atoms with van der Waals surface area (Å²) in [7, 11) is 0. The first kappa shape index (κ1) is 17.1. The largest absolute Gasteiger partial charge is 0.487 e. The number of benzene rings is 3. The summed E-state index contributed by atoms with van der Waals surface area (Å²) in [5, 5.41) is 0. The second-order valence-electron chi connectivity index (χ2n) is 6.06. The summed E-state index contributed by atoms with van der Waals surface area (Å²) >= 11 is 0. The molecule has 0 bridgehead atoms. The number of esters is 1. The Bertz CT molecular complexity index is 924. The van der Waals surface area contributed by atoms with Gasteiger partial charge in [-0.15, -0.1) is 0 Å². The molecule has 0 saturated heterocycles. The van der Waals surface area contributed by atoms with Crippen LogP contribution in [0.25, 0.3) is 0 Å². The molecule has 136 valence electrons. The highest BCUT2D eigenvalue weighted by molar-refractivity contribution is 5.85. The maximum Gasteiger partial charge on any atom is 0.318 e. The van der Waals surface area contributed by atoms with E-state index in [2.05, 4.69) is 0 Å². The number of carbonyl (C=O) groups excluding carboxylic acids is 1. The second-order valence-corrected chi connectivity index (χ2v) is 6.06. The third-order valence-electron chi connectivity index (χ3n) is 4.34. The van der Waals surface area contributed by atoms with Crippen LogP contribution in [0.3, 0.4) is 0 Å². The van der Waals surface area contributed by atoms with Crippen molar-refractivity contribution < 1.29 is 23.4 Å². The highest BCUT2D eigenvalue weighted by Crippen LogP contribution is 2.44. The van der Waals surface area contributed by atoms with Crippen LogP contribution in [0.2, 0.25) is 0 Å². The molecule has 0 atom stereocenters. The maximum absolute atomic E-state index is 13.6. The molecule has 1 heterocycles. The second kappa shape index (κ2) is 7.50. The van der Waals surface area contributed by atoms with Gasteiger partial charge in [-0.1, -0.05) is 48.5 Å². The van der Waals surface area contributed by atoms with Gasteiger partial charge in [-0.05, 0) is 24.3 Å². The third-order valence-corrected chi connectivity index (χ3v) is 4.34. The summed E-state index contributed by atoms with van der Waals surface area (Å²) in [6, 6.07) is 20.9. The summed E-state index contributed by atoms with van der Waals surface area (Å²) < 4.78 is 30.2. The summed E-state index contributed by atoms with van der Waals surface area (Å²) in [5.41, 5.74) is 1.52. The average molecular weight is 364 g/mol. The first-order valence-corrected chi connectivity index (χ1v) is 8.64. The summed E-state index contributed by atoms with van der Waals surface area (Å²) in [6.07, 6.45) is 0. The standard InChI is InChI=1S/C22H17FO4/c23-17-9-3-6-12-20(17)25-13-14-26-22(24)21-15-7-1-4-10-18(15)27-19-11-5-2-8-16(19)21/h1-12,21H,13-14H2. The van der Waals surface area contributed by atoms with Crippen molar-refractivity contribution in [2.75, 3.05) is 13.2 Å². The van der Waals surface area contributed by atoms with Crippen LogP contribution < -0.4 is 9.47 Å². The van der Waals surface area contributed by atoms with Crippen molar-refractivity contribution in [1.82, 2.24) is 0 Å². The zero-order chi connectivity index (χ0) is 18.6. The van der Waals surface area contributed by atoms with Crippen molar-refractivity contribution in [3.05, 3.63) is 89.7 Å². The van der Waals surface area contributed by atoms with Gasteiger partial charge in [0.2, 0.25) is 0 Å². The third kappa shape index (κ3) is 3.49. The van der Waals surface area contributed by atoms with E-state index < -0.39 is 17.7 Å². The lowest BCUT2D eigenvalue weighted by molar-refractivity contribution is -0.145. The highest BCUT2D eigenvalue weighted by atomic mass is 19.1. The normalized spacial score (nSPS) is 12.5. The fraction of sp³-hybridized carbons (Fsp3) is 0.136. The minimum Gasteiger partial charge on any atom is -0.487 e.